The molecule has 5 heteroatoms. The van der Waals surface area contributed by atoms with Crippen molar-refractivity contribution in [3.8, 4) is 0 Å². The molecule has 0 unspecified atom stereocenters. The molecule has 0 fully saturated rings. The Hall–Kier alpha value is -1.13. The van der Waals surface area contributed by atoms with Gasteiger partial charge in [0.05, 0.1) is 19.2 Å². The number of carbonyl (C=O) groups is 1. The molecular weight excluding hydrogens is 182 g/mol. The van der Waals surface area contributed by atoms with Crippen LogP contribution in [0.4, 0.5) is 0 Å². The molecule has 0 atom stereocenters. The molecule has 0 saturated carbocycles. The van der Waals surface area contributed by atoms with Gasteiger partial charge < -0.3 is 4.74 Å². The van der Waals surface area contributed by atoms with E-state index in [4.69, 9.17) is 4.74 Å². The van der Waals surface area contributed by atoms with Gasteiger partial charge in [0.25, 0.3) is 0 Å². The average Bonchev–Trinajstić information content (AvgIpc) is 2.55. The van der Waals surface area contributed by atoms with E-state index in [2.05, 4.69) is 10.3 Å². The van der Waals surface area contributed by atoms with Gasteiger partial charge in [-0.2, -0.15) is 5.11 Å². The number of esters is 1. The van der Waals surface area contributed by atoms with Crippen molar-refractivity contribution >= 4 is 5.97 Å². The van der Waals surface area contributed by atoms with Gasteiger partial charge in [-0.1, -0.05) is 5.22 Å². The third-order valence-corrected chi connectivity index (χ3v) is 1.81. The fourth-order valence-electron chi connectivity index (χ4n) is 1.22. The van der Waals surface area contributed by atoms with Crippen LogP contribution in [-0.2, 0) is 9.53 Å². The van der Waals surface area contributed by atoms with E-state index >= 15 is 0 Å². The van der Waals surface area contributed by atoms with E-state index in [0.29, 0.717) is 6.42 Å². The zero-order chi connectivity index (χ0) is 10.4. The van der Waals surface area contributed by atoms with Crippen molar-refractivity contribution in [2.45, 2.75) is 32.8 Å². The maximum Gasteiger partial charge on any atom is 0.306 e. The van der Waals surface area contributed by atoms with Crippen LogP contribution in [0.25, 0.3) is 0 Å². The molecule has 0 aromatic rings. The number of ether oxygens (including phenoxy) is 1. The summed E-state index contributed by atoms with van der Waals surface area (Å²) >= 11 is 0. The highest BCUT2D eigenvalue weighted by Gasteiger charge is 2.09. The van der Waals surface area contributed by atoms with Crippen LogP contribution in [-0.4, -0.2) is 36.7 Å². The molecule has 1 heterocycles. The molecular formula is C9H17N3O2. The van der Waals surface area contributed by atoms with Gasteiger partial charge in [-0.3, -0.25) is 9.80 Å². The fraction of sp³-hybridized carbons (Fsp3) is 0.889. The van der Waals surface area contributed by atoms with Crippen molar-refractivity contribution in [1.29, 1.82) is 0 Å². The molecule has 0 bridgehead atoms. The Morgan fingerprint density at radius 3 is 2.93 bits per heavy atom. The van der Waals surface area contributed by atoms with Crippen molar-refractivity contribution in [2.75, 3.05) is 19.6 Å². The second kappa shape index (κ2) is 5.57. The monoisotopic (exact) mass is 199 g/mol. The van der Waals surface area contributed by atoms with Crippen LogP contribution in [0.1, 0.15) is 26.7 Å². The van der Waals surface area contributed by atoms with E-state index in [1.807, 2.05) is 18.9 Å². The molecule has 0 aliphatic carbocycles. The van der Waals surface area contributed by atoms with E-state index < -0.39 is 0 Å². The quantitative estimate of drug-likeness (QED) is 0.629. The number of nitrogens with zero attached hydrogens (tertiary/aromatic N) is 3. The van der Waals surface area contributed by atoms with E-state index in [0.717, 1.165) is 26.1 Å². The topological polar surface area (TPSA) is 54.3 Å². The van der Waals surface area contributed by atoms with Gasteiger partial charge in [0.1, 0.15) is 0 Å². The van der Waals surface area contributed by atoms with E-state index in [9.17, 15) is 4.79 Å². The van der Waals surface area contributed by atoms with E-state index in [1.165, 1.54) is 0 Å². The van der Waals surface area contributed by atoms with Gasteiger partial charge in [0.15, 0.2) is 0 Å². The number of carbonyl (C=O) groups excluding carboxylic acids is 1. The molecule has 0 amide bonds. The van der Waals surface area contributed by atoms with Crippen molar-refractivity contribution < 1.29 is 9.53 Å². The molecule has 0 aromatic heterocycles. The minimum absolute atomic E-state index is 0.0195. The Labute approximate surface area is 84.1 Å². The van der Waals surface area contributed by atoms with Gasteiger partial charge >= 0.3 is 5.97 Å². The summed E-state index contributed by atoms with van der Waals surface area (Å²) in [6.07, 6.45) is 1.23. The summed E-state index contributed by atoms with van der Waals surface area (Å²) in [7, 11) is 0. The van der Waals surface area contributed by atoms with Crippen LogP contribution < -0.4 is 0 Å². The summed E-state index contributed by atoms with van der Waals surface area (Å²) < 4.78 is 5.00. The summed E-state index contributed by atoms with van der Waals surface area (Å²) in [5, 5.41) is 9.62. The highest BCUT2D eigenvalue weighted by Crippen LogP contribution is 2.03. The Morgan fingerprint density at radius 1 is 1.57 bits per heavy atom. The molecule has 1 rings (SSSR count). The summed E-state index contributed by atoms with van der Waals surface area (Å²) in [5.41, 5.74) is 0. The number of hydrogen-bond acceptors (Lipinski definition) is 5. The number of hydrogen-bond donors (Lipinski definition) is 0. The Bertz CT molecular complexity index is 216. The molecule has 1 aliphatic rings. The highest BCUT2D eigenvalue weighted by atomic mass is 16.5. The Balaban J connectivity index is 2.02. The SMILES string of the molecule is CC(C)OC(=O)CCCN1CCN=N1. The molecule has 14 heavy (non-hydrogen) atoms. The first-order chi connectivity index (χ1) is 6.68. The minimum atomic E-state index is -0.129. The maximum atomic E-state index is 11.1. The fourth-order valence-corrected chi connectivity index (χ4v) is 1.22. The van der Waals surface area contributed by atoms with Gasteiger partial charge in [-0.15, -0.1) is 0 Å². The second-order valence-corrected chi connectivity index (χ2v) is 3.55. The van der Waals surface area contributed by atoms with Crippen LogP contribution in [0.5, 0.6) is 0 Å². The minimum Gasteiger partial charge on any atom is -0.463 e. The molecule has 1 aliphatic heterocycles. The Kier molecular flexibility index (Phi) is 4.35. The van der Waals surface area contributed by atoms with Crippen LogP contribution in [0, 0.1) is 0 Å². The van der Waals surface area contributed by atoms with Crippen molar-refractivity contribution in [3.05, 3.63) is 0 Å². The molecule has 0 N–H and O–H groups in total. The molecule has 5 nitrogen and oxygen atoms in total. The third kappa shape index (κ3) is 4.20. The summed E-state index contributed by atoms with van der Waals surface area (Å²) in [5.74, 6) is -0.129. The lowest BCUT2D eigenvalue weighted by atomic mass is 10.3. The smallest absolute Gasteiger partial charge is 0.306 e. The van der Waals surface area contributed by atoms with E-state index in [1.54, 1.807) is 0 Å². The largest absolute Gasteiger partial charge is 0.463 e. The zero-order valence-corrected chi connectivity index (χ0v) is 8.77. The van der Waals surface area contributed by atoms with Gasteiger partial charge in [-0.25, -0.2) is 0 Å². The Morgan fingerprint density at radius 2 is 2.36 bits per heavy atom. The molecule has 80 valence electrons. The van der Waals surface area contributed by atoms with Gasteiger partial charge in [-0.05, 0) is 20.3 Å². The van der Waals surface area contributed by atoms with Crippen molar-refractivity contribution in [1.82, 2.24) is 5.01 Å². The first-order valence-electron chi connectivity index (χ1n) is 5.00. The normalized spacial score (nSPS) is 15.2. The van der Waals surface area contributed by atoms with Crippen LogP contribution in [0.3, 0.4) is 0 Å². The van der Waals surface area contributed by atoms with Crippen molar-refractivity contribution in [3.63, 3.8) is 0 Å². The summed E-state index contributed by atoms with van der Waals surface area (Å²) in [4.78, 5) is 11.1. The predicted molar refractivity (Wildman–Crippen MR) is 51.8 cm³/mol. The number of rotatable bonds is 5. The average molecular weight is 199 g/mol. The lowest BCUT2D eigenvalue weighted by Crippen LogP contribution is -2.19. The standard InChI is InChI=1S/C9H17N3O2/c1-8(2)14-9(13)4-3-6-12-7-5-10-11-12/h8H,3-7H2,1-2H3. The summed E-state index contributed by atoms with van der Waals surface area (Å²) in [6.45, 7) is 6.14. The van der Waals surface area contributed by atoms with Crippen LogP contribution in [0.15, 0.2) is 10.3 Å². The molecule has 0 spiro atoms. The highest BCUT2D eigenvalue weighted by molar-refractivity contribution is 5.69. The first-order valence-corrected chi connectivity index (χ1v) is 5.00. The molecule has 0 radical (unpaired) electrons. The second-order valence-electron chi connectivity index (χ2n) is 3.55. The van der Waals surface area contributed by atoms with E-state index in [-0.39, 0.29) is 12.1 Å². The van der Waals surface area contributed by atoms with Crippen LogP contribution in [0.2, 0.25) is 0 Å². The third-order valence-electron chi connectivity index (χ3n) is 1.81. The van der Waals surface area contributed by atoms with Crippen molar-refractivity contribution in [2.24, 2.45) is 10.3 Å². The lowest BCUT2D eigenvalue weighted by molar-refractivity contribution is -0.147. The summed E-state index contributed by atoms with van der Waals surface area (Å²) in [6, 6.07) is 0. The zero-order valence-electron chi connectivity index (χ0n) is 8.77. The lowest BCUT2D eigenvalue weighted by Gasteiger charge is -2.11. The maximum absolute atomic E-state index is 11.1. The van der Waals surface area contributed by atoms with Gasteiger partial charge in [0, 0.05) is 13.0 Å². The first kappa shape index (κ1) is 10.9. The van der Waals surface area contributed by atoms with Gasteiger partial charge in [0.2, 0.25) is 0 Å². The molecule has 0 saturated heterocycles. The van der Waals surface area contributed by atoms with Crippen LogP contribution >= 0.6 is 0 Å². The predicted octanol–water partition coefficient (Wildman–Crippen LogP) is 1.40. The molecule has 0 aromatic carbocycles.